The largest absolute Gasteiger partial charge is 0.387 e. The van der Waals surface area contributed by atoms with Crippen molar-refractivity contribution in [1.29, 1.82) is 0 Å². The number of rotatable bonds is 34. The molecule has 51 heavy (non-hydrogen) atoms. The molecule has 11 nitrogen and oxygen atoms in total. The summed E-state index contributed by atoms with van der Waals surface area (Å²) in [6.07, 6.45) is 24.6. The molecule has 9 atom stereocenters. The quantitative estimate of drug-likeness (QED) is 0.0298. The van der Waals surface area contributed by atoms with Crippen LogP contribution in [0.4, 0.5) is 0 Å². The molecule has 11 N–H and O–H groups in total. The first-order valence-corrected chi connectivity index (χ1v) is 21.3. The van der Waals surface area contributed by atoms with Crippen molar-refractivity contribution >= 4 is 5.91 Å². The molecule has 0 aliphatic carbocycles. The van der Waals surface area contributed by atoms with Gasteiger partial charge < -0.3 is 41.9 Å². The average molecular weight is 730 g/mol. The van der Waals surface area contributed by atoms with E-state index in [9.17, 15) is 25.2 Å². The van der Waals surface area contributed by atoms with E-state index in [-0.39, 0.29) is 18.4 Å². The molecule has 0 aromatic carbocycles. The minimum absolute atomic E-state index is 0.0337. The van der Waals surface area contributed by atoms with Crippen molar-refractivity contribution in [2.75, 3.05) is 6.54 Å². The molecule has 1 aliphatic heterocycles. The summed E-state index contributed by atoms with van der Waals surface area (Å²) in [7, 11) is 0. The third-order valence-corrected chi connectivity index (χ3v) is 10.7. The summed E-state index contributed by atoms with van der Waals surface area (Å²) < 4.78 is 4.95. The maximum atomic E-state index is 12.2. The Hall–Kier alpha value is -0.890. The highest BCUT2D eigenvalue weighted by molar-refractivity contribution is 5.81. The van der Waals surface area contributed by atoms with E-state index < -0.39 is 36.6 Å². The van der Waals surface area contributed by atoms with Crippen molar-refractivity contribution in [1.82, 2.24) is 16.0 Å². The summed E-state index contributed by atoms with van der Waals surface area (Å²) in [5, 5.41) is 48.7. The molecular formula is C40H83N5O6. The Balaban J connectivity index is 1.84. The van der Waals surface area contributed by atoms with Crippen LogP contribution in [0, 0.1) is 0 Å². The van der Waals surface area contributed by atoms with Gasteiger partial charge in [-0.25, -0.2) is 0 Å². The second-order valence-corrected chi connectivity index (χ2v) is 15.3. The van der Waals surface area contributed by atoms with Gasteiger partial charge >= 0.3 is 0 Å². The molecule has 9 unspecified atom stereocenters. The predicted octanol–water partition coefficient (Wildman–Crippen LogP) is 5.59. The topological polar surface area (TPSA) is 195 Å². The van der Waals surface area contributed by atoms with Crippen LogP contribution >= 0.6 is 0 Å². The number of nitrogens with one attached hydrogen (secondary N) is 3. The van der Waals surface area contributed by atoms with Crippen molar-refractivity contribution in [2.24, 2.45) is 11.5 Å². The number of carbonyl (C=O) groups is 1. The normalized spacial score (nSPS) is 23.2. The Bertz CT molecular complexity index is 813. The monoisotopic (exact) mass is 730 g/mol. The lowest BCUT2D eigenvalue weighted by atomic mass is 9.98. The highest BCUT2D eigenvalue weighted by atomic mass is 16.6. The fraction of sp³-hybridized carbons (Fsp3) is 0.975. The molecule has 304 valence electrons. The van der Waals surface area contributed by atoms with Gasteiger partial charge in [-0.2, -0.15) is 0 Å². The number of ether oxygens (including phenoxy) is 1. The van der Waals surface area contributed by atoms with E-state index in [0.29, 0.717) is 12.6 Å². The smallest absolute Gasteiger partial charge is 0.252 e. The number of unbranched alkanes of at least 4 members (excludes halogenated alkanes) is 20. The molecular weight excluding hydrogens is 646 g/mol. The standard InChI is InChI=1S/C40H83N5O6/c1-4-28-34(45-33(42)6-3)44-32(5-2)31(41)29-26-24-22-20-18-16-14-12-10-8-7-9-11-13-15-17-19-21-23-25-27-30-43-39(49)38-36(47)35(46)37(48)40(50)51-38/h31-38,40,44-48,50H,4-30,41-42H2,1-3H3,(H,43,49). The van der Waals surface area contributed by atoms with Crippen molar-refractivity contribution < 1.29 is 30.0 Å². The molecule has 0 radical (unpaired) electrons. The Labute approximate surface area is 312 Å². The first-order chi connectivity index (χ1) is 24.7. The molecule has 1 aliphatic rings. The molecule has 0 aromatic rings. The second kappa shape index (κ2) is 31.5. The summed E-state index contributed by atoms with van der Waals surface area (Å²) >= 11 is 0. The molecule has 0 bridgehead atoms. The molecule has 1 fully saturated rings. The maximum absolute atomic E-state index is 12.2. The van der Waals surface area contributed by atoms with E-state index in [1.54, 1.807) is 0 Å². The molecule has 0 saturated carbocycles. The van der Waals surface area contributed by atoms with E-state index in [0.717, 1.165) is 51.4 Å². The van der Waals surface area contributed by atoms with Crippen molar-refractivity contribution in [3.05, 3.63) is 0 Å². The van der Waals surface area contributed by atoms with Gasteiger partial charge in [-0.3, -0.25) is 15.4 Å². The summed E-state index contributed by atoms with van der Waals surface area (Å²) in [6.45, 7) is 7.01. The number of carbonyl (C=O) groups excluding carboxylic acids is 1. The lowest BCUT2D eigenvalue weighted by Gasteiger charge is -2.37. The minimum Gasteiger partial charge on any atom is -0.387 e. The zero-order valence-corrected chi connectivity index (χ0v) is 33.0. The van der Waals surface area contributed by atoms with Crippen LogP contribution < -0.4 is 27.4 Å². The van der Waals surface area contributed by atoms with Gasteiger partial charge in [0.1, 0.15) is 18.3 Å². The van der Waals surface area contributed by atoms with E-state index >= 15 is 0 Å². The SMILES string of the molecule is CCCC(NC(N)CC)NC(CC)C(N)CCCCCCCCCCCCCCCCCCCCCCCNC(=O)C1OC(O)C(O)C(O)C1O. The van der Waals surface area contributed by atoms with Gasteiger partial charge in [-0.15, -0.1) is 0 Å². The Kier molecular flexibility index (Phi) is 29.7. The van der Waals surface area contributed by atoms with Gasteiger partial charge in [-0.05, 0) is 32.1 Å². The number of hydrogen-bond donors (Lipinski definition) is 9. The third-order valence-electron chi connectivity index (χ3n) is 10.7. The lowest BCUT2D eigenvalue weighted by molar-refractivity contribution is -0.275. The molecule has 1 heterocycles. The van der Waals surface area contributed by atoms with Crippen LogP contribution in [0.25, 0.3) is 0 Å². The van der Waals surface area contributed by atoms with Gasteiger partial charge in [-0.1, -0.05) is 156 Å². The molecule has 0 spiro atoms. The van der Waals surface area contributed by atoms with Crippen LogP contribution in [0.2, 0.25) is 0 Å². The van der Waals surface area contributed by atoms with Crippen LogP contribution in [-0.4, -0.2) is 88.0 Å². The van der Waals surface area contributed by atoms with Gasteiger partial charge in [0, 0.05) is 18.6 Å². The Morgan fingerprint density at radius 2 is 1.04 bits per heavy atom. The number of nitrogens with two attached hydrogens (primary N) is 2. The predicted molar refractivity (Wildman–Crippen MR) is 209 cm³/mol. The van der Waals surface area contributed by atoms with E-state index in [1.165, 1.54) is 116 Å². The fourth-order valence-electron chi connectivity index (χ4n) is 7.14. The molecule has 1 rings (SSSR count). The van der Waals surface area contributed by atoms with Crippen molar-refractivity contribution in [2.45, 2.75) is 243 Å². The fourth-order valence-corrected chi connectivity index (χ4v) is 7.14. The average Bonchev–Trinajstić information content (AvgIpc) is 3.12. The number of hydrogen-bond acceptors (Lipinski definition) is 10. The minimum atomic E-state index is -1.70. The summed E-state index contributed by atoms with van der Waals surface area (Å²) in [5.74, 6) is -0.588. The first kappa shape index (κ1) is 48.1. The first-order valence-electron chi connectivity index (χ1n) is 21.3. The highest BCUT2D eigenvalue weighted by Crippen LogP contribution is 2.20. The zero-order chi connectivity index (χ0) is 37.7. The number of aliphatic hydroxyl groups is 4. The van der Waals surface area contributed by atoms with Crippen LogP contribution in [-0.2, 0) is 9.53 Å². The van der Waals surface area contributed by atoms with Gasteiger partial charge in [0.15, 0.2) is 12.4 Å². The Morgan fingerprint density at radius 1 is 0.588 bits per heavy atom. The number of aliphatic hydroxyl groups excluding tert-OH is 4. The molecule has 1 amide bonds. The molecule has 11 heteroatoms. The Morgan fingerprint density at radius 3 is 1.47 bits per heavy atom. The van der Waals surface area contributed by atoms with E-state index in [2.05, 4.69) is 36.7 Å². The van der Waals surface area contributed by atoms with Crippen LogP contribution in [0.1, 0.15) is 188 Å². The maximum Gasteiger partial charge on any atom is 0.252 e. The highest BCUT2D eigenvalue weighted by Gasteiger charge is 2.46. The molecule has 0 aromatic heterocycles. The van der Waals surface area contributed by atoms with Crippen LogP contribution in [0.3, 0.4) is 0 Å². The van der Waals surface area contributed by atoms with Crippen molar-refractivity contribution in [3.8, 4) is 0 Å². The second-order valence-electron chi connectivity index (χ2n) is 15.3. The van der Waals surface area contributed by atoms with Gasteiger partial charge in [0.05, 0.1) is 12.3 Å². The molecule has 1 saturated heterocycles. The van der Waals surface area contributed by atoms with E-state index in [4.69, 9.17) is 16.2 Å². The number of amides is 1. The van der Waals surface area contributed by atoms with E-state index in [1.807, 2.05) is 0 Å². The summed E-state index contributed by atoms with van der Waals surface area (Å²) in [5.41, 5.74) is 12.8. The van der Waals surface area contributed by atoms with Gasteiger partial charge in [0.25, 0.3) is 5.91 Å². The third kappa shape index (κ3) is 22.8. The summed E-state index contributed by atoms with van der Waals surface area (Å²) in [4.78, 5) is 12.2. The van der Waals surface area contributed by atoms with Crippen LogP contribution in [0.5, 0.6) is 0 Å². The van der Waals surface area contributed by atoms with Crippen molar-refractivity contribution in [3.63, 3.8) is 0 Å². The van der Waals surface area contributed by atoms with Gasteiger partial charge in [0.2, 0.25) is 0 Å². The van der Waals surface area contributed by atoms with Crippen LogP contribution in [0.15, 0.2) is 0 Å². The summed E-state index contributed by atoms with van der Waals surface area (Å²) in [6, 6.07) is 0.541. The lowest BCUT2D eigenvalue weighted by Crippen LogP contribution is -2.61. The zero-order valence-electron chi connectivity index (χ0n) is 33.0.